The molecule has 0 atom stereocenters. The van der Waals surface area contributed by atoms with E-state index in [4.69, 9.17) is 16.7 Å². The van der Waals surface area contributed by atoms with Gasteiger partial charge in [0, 0.05) is 12.1 Å². The molecule has 3 nitrogen and oxygen atoms in total. The molecule has 1 aromatic carbocycles. The van der Waals surface area contributed by atoms with Crippen molar-refractivity contribution in [3.8, 4) is 0 Å². The lowest BCUT2D eigenvalue weighted by atomic mass is 10.1. The molecule has 1 rings (SSSR count). The number of hydrogen-bond acceptors (Lipinski definition) is 2. The number of carbonyl (C=O) groups is 1. The maximum atomic E-state index is 12.6. The SMILES string of the molecule is CC(C)N(CC(F)(F)F)c1ccc(/C=C/C(=O)O)cc1Cl. The van der Waals surface area contributed by atoms with Gasteiger partial charge in [-0.2, -0.15) is 13.2 Å². The van der Waals surface area contributed by atoms with Crippen LogP contribution in [-0.2, 0) is 4.79 Å². The van der Waals surface area contributed by atoms with Gasteiger partial charge in [0.25, 0.3) is 0 Å². The van der Waals surface area contributed by atoms with E-state index in [0.717, 1.165) is 11.0 Å². The highest BCUT2D eigenvalue weighted by Gasteiger charge is 2.32. The zero-order chi connectivity index (χ0) is 16.2. The van der Waals surface area contributed by atoms with Crippen LogP contribution in [0.15, 0.2) is 24.3 Å². The standard InChI is InChI=1S/C14H15ClF3NO2/c1-9(2)19(8-14(16,17)18)12-5-3-10(7-11(12)15)4-6-13(20)21/h3-7,9H,8H2,1-2H3,(H,20,21)/b6-4+. The maximum absolute atomic E-state index is 12.6. The summed E-state index contributed by atoms with van der Waals surface area (Å²) in [7, 11) is 0. The van der Waals surface area contributed by atoms with Crippen molar-refractivity contribution in [2.24, 2.45) is 0 Å². The summed E-state index contributed by atoms with van der Waals surface area (Å²) in [5, 5.41) is 8.67. The van der Waals surface area contributed by atoms with Crippen molar-refractivity contribution >= 4 is 29.3 Å². The number of aliphatic carboxylic acids is 1. The van der Waals surface area contributed by atoms with Crippen molar-refractivity contribution < 1.29 is 23.1 Å². The molecule has 7 heteroatoms. The van der Waals surface area contributed by atoms with Crippen LogP contribution in [0.3, 0.4) is 0 Å². The summed E-state index contributed by atoms with van der Waals surface area (Å²) in [6.45, 7) is 2.18. The highest BCUT2D eigenvalue weighted by Crippen LogP contribution is 2.31. The second kappa shape index (κ2) is 6.85. The zero-order valence-electron chi connectivity index (χ0n) is 11.5. The molecule has 0 heterocycles. The predicted octanol–water partition coefficient (Wildman–Crippen LogP) is 4.21. The Morgan fingerprint density at radius 2 is 2.05 bits per heavy atom. The van der Waals surface area contributed by atoms with E-state index in [1.165, 1.54) is 24.3 Å². The molecule has 0 saturated heterocycles. The Morgan fingerprint density at radius 1 is 1.43 bits per heavy atom. The average Bonchev–Trinajstić information content (AvgIpc) is 2.32. The molecular weight excluding hydrogens is 307 g/mol. The van der Waals surface area contributed by atoms with E-state index in [2.05, 4.69) is 0 Å². The van der Waals surface area contributed by atoms with Gasteiger partial charge < -0.3 is 10.0 Å². The monoisotopic (exact) mass is 321 g/mol. The summed E-state index contributed by atoms with van der Waals surface area (Å²) < 4.78 is 37.8. The van der Waals surface area contributed by atoms with Gasteiger partial charge in [-0.15, -0.1) is 0 Å². The van der Waals surface area contributed by atoms with Gasteiger partial charge in [0.1, 0.15) is 6.54 Å². The number of halogens is 4. The van der Waals surface area contributed by atoms with Crippen LogP contribution in [0, 0.1) is 0 Å². The Kier molecular flexibility index (Phi) is 5.66. The second-order valence-electron chi connectivity index (χ2n) is 4.72. The Labute approximate surface area is 125 Å². The first-order chi connectivity index (χ1) is 9.60. The molecule has 1 N–H and O–H groups in total. The minimum Gasteiger partial charge on any atom is -0.478 e. The molecule has 116 valence electrons. The molecule has 0 fully saturated rings. The first kappa shape index (κ1) is 17.4. The molecule has 21 heavy (non-hydrogen) atoms. The third kappa shape index (κ3) is 5.67. The van der Waals surface area contributed by atoms with Crippen LogP contribution < -0.4 is 4.90 Å². The summed E-state index contributed by atoms with van der Waals surface area (Å²) in [6.07, 6.45) is -2.09. The van der Waals surface area contributed by atoms with E-state index >= 15 is 0 Å². The fourth-order valence-corrected chi connectivity index (χ4v) is 2.06. The number of alkyl halides is 3. The predicted molar refractivity (Wildman–Crippen MR) is 76.7 cm³/mol. The van der Waals surface area contributed by atoms with Gasteiger partial charge in [-0.3, -0.25) is 0 Å². The molecule has 0 aliphatic rings. The summed E-state index contributed by atoms with van der Waals surface area (Å²) in [5.41, 5.74) is 0.762. The van der Waals surface area contributed by atoms with E-state index in [1.807, 2.05) is 0 Å². The third-order valence-electron chi connectivity index (χ3n) is 2.67. The van der Waals surface area contributed by atoms with Crippen LogP contribution in [0.25, 0.3) is 6.08 Å². The summed E-state index contributed by atoms with van der Waals surface area (Å²) in [4.78, 5) is 11.6. The first-order valence-electron chi connectivity index (χ1n) is 6.14. The molecule has 0 bridgehead atoms. The molecule has 0 amide bonds. The topological polar surface area (TPSA) is 40.5 Å². The molecule has 0 aliphatic heterocycles. The zero-order valence-corrected chi connectivity index (χ0v) is 12.2. The maximum Gasteiger partial charge on any atom is 0.405 e. The molecule has 0 unspecified atom stereocenters. The lowest BCUT2D eigenvalue weighted by Gasteiger charge is -2.30. The van der Waals surface area contributed by atoms with E-state index in [-0.39, 0.29) is 16.8 Å². The van der Waals surface area contributed by atoms with Crippen LogP contribution in [-0.4, -0.2) is 29.8 Å². The number of anilines is 1. The Bertz CT molecular complexity index is 542. The van der Waals surface area contributed by atoms with Crippen molar-refractivity contribution in [1.29, 1.82) is 0 Å². The van der Waals surface area contributed by atoms with Crippen molar-refractivity contribution in [3.63, 3.8) is 0 Å². The van der Waals surface area contributed by atoms with Crippen molar-refractivity contribution in [3.05, 3.63) is 34.9 Å². The largest absolute Gasteiger partial charge is 0.478 e. The van der Waals surface area contributed by atoms with E-state index in [0.29, 0.717) is 5.56 Å². The number of benzene rings is 1. The number of carboxylic acids is 1. The van der Waals surface area contributed by atoms with Gasteiger partial charge in [-0.05, 0) is 37.6 Å². The quantitative estimate of drug-likeness (QED) is 0.826. The fourth-order valence-electron chi connectivity index (χ4n) is 1.77. The summed E-state index contributed by atoms with van der Waals surface area (Å²) in [5.74, 6) is -1.11. The van der Waals surface area contributed by atoms with Crippen LogP contribution in [0.2, 0.25) is 5.02 Å². The minimum atomic E-state index is -4.34. The Morgan fingerprint density at radius 3 is 2.48 bits per heavy atom. The lowest BCUT2D eigenvalue weighted by Crippen LogP contribution is -2.39. The average molecular weight is 322 g/mol. The molecular formula is C14H15ClF3NO2. The Balaban J connectivity index is 3.08. The van der Waals surface area contributed by atoms with E-state index in [9.17, 15) is 18.0 Å². The number of hydrogen-bond donors (Lipinski definition) is 1. The molecule has 0 radical (unpaired) electrons. The third-order valence-corrected chi connectivity index (χ3v) is 2.98. The van der Waals surface area contributed by atoms with Crippen molar-refractivity contribution in [2.75, 3.05) is 11.4 Å². The molecule has 0 aliphatic carbocycles. The second-order valence-corrected chi connectivity index (χ2v) is 5.13. The van der Waals surface area contributed by atoms with E-state index in [1.54, 1.807) is 13.8 Å². The smallest absolute Gasteiger partial charge is 0.405 e. The first-order valence-corrected chi connectivity index (χ1v) is 6.52. The number of carboxylic acid groups (broad SMARTS) is 1. The van der Waals surface area contributed by atoms with Gasteiger partial charge in [0.2, 0.25) is 0 Å². The molecule has 0 saturated carbocycles. The molecule has 0 spiro atoms. The van der Waals surface area contributed by atoms with Crippen LogP contribution in [0.4, 0.5) is 18.9 Å². The highest BCUT2D eigenvalue weighted by atomic mass is 35.5. The number of rotatable bonds is 5. The highest BCUT2D eigenvalue weighted by molar-refractivity contribution is 6.33. The number of nitrogens with zero attached hydrogens (tertiary/aromatic N) is 1. The fraction of sp³-hybridized carbons (Fsp3) is 0.357. The van der Waals surface area contributed by atoms with Gasteiger partial charge in [-0.1, -0.05) is 17.7 Å². The summed E-state index contributed by atoms with van der Waals surface area (Å²) >= 11 is 6.02. The van der Waals surface area contributed by atoms with Crippen molar-refractivity contribution in [1.82, 2.24) is 0 Å². The van der Waals surface area contributed by atoms with E-state index < -0.39 is 18.7 Å². The lowest BCUT2D eigenvalue weighted by molar-refractivity contribution is -0.131. The summed E-state index contributed by atoms with van der Waals surface area (Å²) in [6, 6.07) is 4.02. The van der Waals surface area contributed by atoms with Crippen LogP contribution in [0.1, 0.15) is 19.4 Å². The van der Waals surface area contributed by atoms with Gasteiger partial charge in [0.05, 0.1) is 10.7 Å². The minimum absolute atomic E-state index is 0.139. The molecule has 1 aromatic rings. The molecule has 0 aromatic heterocycles. The van der Waals surface area contributed by atoms with Crippen LogP contribution >= 0.6 is 11.6 Å². The van der Waals surface area contributed by atoms with Gasteiger partial charge in [0.15, 0.2) is 0 Å². The van der Waals surface area contributed by atoms with Crippen molar-refractivity contribution in [2.45, 2.75) is 26.1 Å². The van der Waals surface area contributed by atoms with Gasteiger partial charge in [-0.25, -0.2) is 4.79 Å². The van der Waals surface area contributed by atoms with Crippen LogP contribution in [0.5, 0.6) is 0 Å². The van der Waals surface area contributed by atoms with Gasteiger partial charge >= 0.3 is 12.1 Å². The normalized spacial score (nSPS) is 12.1. The Hall–Kier alpha value is -1.69.